The molecule has 62 heavy (non-hydrogen) atoms. The molecule has 2 heterocycles. The van der Waals surface area contributed by atoms with Crippen LogP contribution < -0.4 is 10.7 Å². The Morgan fingerprint density at radius 3 is 2.06 bits per heavy atom. The first-order valence-electron chi connectivity index (χ1n) is 20.9. The fourth-order valence-corrected chi connectivity index (χ4v) is 10.7. The van der Waals surface area contributed by atoms with Gasteiger partial charge in [0.2, 0.25) is 17.3 Å². The highest BCUT2D eigenvalue weighted by Gasteiger charge is 2.47. The molecular formula is C47H50N3O10S2+. The van der Waals surface area contributed by atoms with Crippen molar-refractivity contribution in [2.24, 2.45) is 5.41 Å². The standard InChI is InChI=1S/C47H49N3O10S2/c1-4-48-46(54)47(42(51)17-9-7-8-10-18-43(52)53)28-30(19-21-36-32-13-11-15-34-40(61(55,56)57)25-23-38(44(32)34)49(36)5-2)27-31(29-47)20-22-37-33-14-12-16-35-41(62(58,59)60)26-24-39(45(33)35)50(37)6-3/h11-16,19-27H,4-10,17-18,28-29H2,1-3H3,(H3-,48,52,53,54,55,56,57,58,59,60)/p+1. The summed E-state index contributed by atoms with van der Waals surface area (Å²) in [4.78, 5) is 39.5. The number of nitrogens with zero attached hydrogens (tertiary/aromatic N) is 2. The molecule has 1 amide bonds. The van der Waals surface area contributed by atoms with E-state index in [1.807, 2.05) is 65.5 Å². The molecule has 0 saturated carbocycles. The number of aliphatic carboxylic acids is 1. The number of allylic oxidation sites excluding steroid dienone is 6. The Labute approximate surface area is 360 Å². The zero-order chi connectivity index (χ0) is 44.6. The first kappa shape index (κ1) is 44.3. The van der Waals surface area contributed by atoms with Crippen LogP contribution >= 0.6 is 0 Å². The first-order chi connectivity index (χ1) is 29.5. The second-order valence-corrected chi connectivity index (χ2v) is 18.6. The van der Waals surface area contributed by atoms with Crippen molar-refractivity contribution in [2.75, 3.05) is 13.1 Å². The number of benzene rings is 4. The van der Waals surface area contributed by atoms with Gasteiger partial charge in [0.05, 0.1) is 10.9 Å². The highest BCUT2D eigenvalue weighted by atomic mass is 32.2. The summed E-state index contributed by atoms with van der Waals surface area (Å²) in [6, 6.07) is 16.7. The van der Waals surface area contributed by atoms with Crippen LogP contribution in [0.15, 0.2) is 106 Å². The van der Waals surface area contributed by atoms with Gasteiger partial charge >= 0.3 is 5.97 Å². The maximum atomic E-state index is 14.6. The fourth-order valence-electron chi connectivity index (χ4n) is 9.29. The maximum Gasteiger partial charge on any atom is 0.303 e. The predicted octanol–water partition coefficient (Wildman–Crippen LogP) is 7.45. The van der Waals surface area contributed by atoms with Gasteiger partial charge in [-0.25, -0.2) is 0 Å². The molecule has 15 heteroatoms. The molecule has 0 spiro atoms. The van der Waals surface area contributed by atoms with E-state index < -0.39 is 37.5 Å². The van der Waals surface area contributed by atoms with E-state index in [-0.39, 0.29) is 41.3 Å². The topological polar surface area (TPSA) is 200 Å². The highest BCUT2D eigenvalue weighted by Crippen LogP contribution is 2.43. The number of unbranched alkanes of at least 4 members (excludes halogenated alkanes) is 3. The number of aromatic nitrogens is 1. The quantitative estimate of drug-likeness (QED) is 0.0315. The molecule has 324 valence electrons. The fraction of sp³-hybridized carbons (Fsp3) is 0.319. The third-order valence-corrected chi connectivity index (χ3v) is 13.8. The minimum Gasteiger partial charge on any atom is -0.481 e. The van der Waals surface area contributed by atoms with Crippen molar-refractivity contribution < 1.29 is 50.0 Å². The molecule has 4 aromatic carbocycles. The summed E-state index contributed by atoms with van der Waals surface area (Å²) < 4.78 is 73.6. The minimum absolute atomic E-state index is 0.0490. The number of carboxylic acids is 1. The number of nitrogens with one attached hydrogen (secondary N) is 1. The van der Waals surface area contributed by atoms with Gasteiger partial charge in [-0.2, -0.15) is 21.4 Å². The molecule has 0 bridgehead atoms. The number of hydrogen-bond acceptors (Lipinski definition) is 7. The van der Waals surface area contributed by atoms with Crippen molar-refractivity contribution in [1.29, 1.82) is 0 Å². The molecule has 7 rings (SSSR count). The van der Waals surface area contributed by atoms with Gasteiger partial charge < -0.3 is 15.0 Å². The largest absolute Gasteiger partial charge is 0.481 e. The van der Waals surface area contributed by atoms with Gasteiger partial charge in [-0.05, 0) is 87.9 Å². The molecule has 1 atom stereocenters. The van der Waals surface area contributed by atoms with Crippen molar-refractivity contribution in [3.63, 3.8) is 0 Å². The van der Waals surface area contributed by atoms with Crippen molar-refractivity contribution in [3.8, 4) is 0 Å². The smallest absolute Gasteiger partial charge is 0.303 e. The van der Waals surface area contributed by atoms with Gasteiger partial charge in [0.15, 0.2) is 0 Å². The molecule has 0 radical (unpaired) electrons. The Morgan fingerprint density at radius 1 is 0.774 bits per heavy atom. The lowest BCUT2D eigenvalue weighted by Gasteiger charge is -2.35. The Bertz CT molecular complexity index is 3080. The van der Waals surface area contributed by atoms with Gasteiger partial charge in [0, 0.05) is 70.5 Å². The van der Waals surface area contributed by atoms with Gasteiger partial charge in [0.25, 0.3) is 20.2 Å². The monoisotopic (exact) mass is 880 g/mol. The Hall–Kier alpha value is -5.74. The van der Waals surface area contributed by atoms with Crippen LogP contribution in [0.4, 0.5) is 5.69 Å². The van der Waals surface area contributed by atoms with E-state index in [1.165, 1.54) is 12.1 Å². The molecule has 1 aliphatic heterocycles. The number of aryl methyl sites for hydroxylation is 1. The van der Waals surface area contributed by atoms with Crippen LogP contribution in [0.1, 0.15) is 77.7 Å². The van der Waals surface area contributed by atoms with Crippen LogP contribution in [-0.2, 0) is 41.2 Å². The van der Waals surface area contributed by atoms with Crippen LogP contribution in [-0.4, -0.2) is 76.7 Å². The van der Waals surface area contributed by atoms with Crippen molar-refractivity contribution in [1.82, 2.24) is 9.88 Å². The predicted molar refractivity (Wildman–Crippen MR) is 239 cm³/mol. The number of amides is 1. The summed E-state index contributed by atoms with van der Waals surface area (Å²) in [5.74, 6) is -1.48. The van der Waals surface area contributed by atoms with E-state index in [2.05, 4.69) is 5.32 Å². The molecule has 2 aliphatic rings. The molecule has 5 aromatic rings. The van der Waals surface area contributed by atoms with E-state index in [4.69, 9.17) is 5.11 Å². The number of hydrogen-bond donors (Lipinski definition) is 4. The van der Waals surface area contributed by atoms with Crippen LogP contribution in [0, 0.1) is 5.41 Å². The number of Topliss-reactive ketones (excluding diaryl/α,β-unsaturated/α-hetero) is 1. The maximum absolute atomic E-state index is 14.6. The second-order valence-electron chi connectivity index (χ2n) is 15.8. The second kappa shape index (κ2) is 17.6. The summed E-state index contributed by atoms with van der Waals surface area (Å²) in [7, 11) is -9.02. The van der Waals surface area contributed by atoms with Crippen LogP contribution in [0.2, 0.25) is 0 Å². The Morgan fingerprint density at radius 2 is 1.42 bits per heavy atom. The van der Waals surface area contributed by atoms with E-state index in [1.54, 1.807) is 43.3 Å². The zero-order valence-corrected chi connectivity index (χ0v) is 36.5. The molecule has 1 aliphatic carbocycles. The molecule has 4 N–H and O–H groups in total. The summed E-state index contributed by atoms with van der Waals surface area (Å²) in [5.41, 5.74) is 3.03. The SMILES string of the molecule is CCNC(=O)C1(C(=O)CCCCCCC(=O)O)CC(=CC=c2c3cccc4c(S(=O)(=O)O)ccc(c43)n2CC)C=C(C=CC2=[N+](CC)c3ccc(S(=O)(=O)O)c4cccc2c34)C1. The van der Waals surface area contributed by atoms with Gasteiger partial charge in [-0.3, -0.25) is 23.5 Å². The lowest BCUT2D eigenvalue weighted by atomic mass is 9.67. The molecule has 1 unspecified atom stereocenters. The molecule has 13 nitrogen and oxygen atoms in total. The normalized spacial score (nSPS) is 17.9. The van der Waals surface area contributed by atoms with Crippen LogP contribution in [0.5, 0.6) is 0 Å². The van der Waals surface area contributed by atoms with Crippen molar-refractivity contribution >= 4 is 87.8 Å². The zero-order valence-electron chi connectivity index (χ0n) is 34.8. The van der Waals surface area contributed by atoms with Gasteiger partial charge in [-0.1, -0.05) is 61.4 Å². The van der Waals surface area contributed by atoms with Crippen molar-refractivity contribution in [3.05, 3.63) is 107 Å². The molecule has 1 aromatic heterocycles. The molecular weight excluding hydrogens is 831 g/mol. The average Bonchev–Trinajstić information content (AvgIpc) is 3.72. The number of rotatable bonds is 17. The third kappa shape index (κ3) is 8.29. The van der Waals surface area contributed by atoms with Crippen LogP contribution in [0.3, 0.4) is 0 Å². The number of ketones is 1. The number of carbonyl (C=O) groups excluding carboxylic acids is 2. The Balaban J connectivity index is 1.36. The highest BCUT2D eigenvalue weighted by molar-refractivity contribution is 7.86. The third-order valence-electron chi connectivity index (χ3n) is 12.0. The lowest BCUT2D eigenvalue weighted by molar-refractivity contribution is -0.430. The van der Waals surface area contributed by atoms with Gasteiger partial charge in [0.1, 0.15) is 27.5 Å². The molecule has 0 saturated heterocycles. The number of carbonyl (C=O) groups is 3. The molecule has 0 fully saturated rings. The first-order valence-corrected chi connectivity index (χ1v) is 23.7. The average molecular weight is 881 g/mol. The van der Waals surface area contributed by atoms with E-state index >= 15 is 0 Å². The van der Waals surface area contributed by atoms with E-state index in [9.17, 15) is 40.3 Å². The Kier molecular flexibility index (Phi) is 12.6. The minimum atomic E-state index is -4.51. The summed E-state index contributed by atoms with van der Waals surface area (Å²) >= 11 is 0. The van der Waals surface area contributed by atoms with Gasteiger partial charge in [-0.15, -0.1) is 0 Å². The summed E-state index contributed by atoms with van der Waals surface area (Å²) in [5, 5.41) is 15.7. The summed E-state index contributed by atoms with van der Waals surface area (Å²) in [6.45, 7) is 7.12. The summed E-state index contributed by atoms with van der Waals surface area (Å²) in [6.07, 6.45) is 12.2. The van der Waals surface area contributed by atoms with Crippen molar-refractivity contribution in [2.45, 2.75) is 88.5 Å². The van der Waals surface area contributed by atoms with E-state index in [0.717, 1.165) is 33.2 Å². The van der Waals surface area contributed by atoms with Crippen LogP contribution in [0.25, 0.3) is 38.5 Å². The lowest BCUT2D eigenvalue weighted by Crippen LogP contribution is -2.48. The van der Waals surface area contributed by atoms with E-state index in [0.29, 0.717) is 78.0 Å². The number of carboxylic acid groups (broad SMARTS) is 1.